The van der Waals surface area contributed by atoms with Crippen LogP contribution in [0.15, 0.2) is 12.4 Å². The number of anilines is 1. The molecule has 2 saturated heterocycles. The fraction of sp³-hybridized carbons (Fsp3) is 0.800. The Bertz CT molecular complexity index is 546. The fourth-order valence-corrected chi connectivity index (χ4v) is 4.81. The molecule has 1 saturated carbocycles. The molecular formula is C20H33N5O. The van der Waals surface area contributed by atoms with Crippen molar-refractivity contribution in [1.82, 2.24) is 20.2 Å². The van der Waals surface area contributed by atoms with Gasteiger partial charge in [0.25, 0.3) is 0 Å². The molecular weight excluding hydrogens is 326 g/mol. The molecule has 6 nitrogen and oxygen atoms in total. The first-order valence-electron chi connectivity index (χ1n) is 10.5. The summed E-state index contributed by atoms with van der Waals surface area (Å²) in [7, 11) is 0. The number of hydrogen-bond acceptors (Lipinski definition) is 6. The van der Waals surface area contributed by atoms with Gasteiger partial charge in [0.2, 0.25) is 5.95 Å². The number of nitrogens with one attached hydrogen (secondary N) is 1. The normalized spacial score (nSPS) is 24.1. The van der Waals surface area contributed by atoms with Gasteiger partial charge >= 0.3 is 0 Å². The van der Waals surface area contributed by atoms with Crippen LogP contribution < -0.4 is 10.2 Å². The first kappa shape index (κ1) is 18.1. The largest absolute Gasteiger partial charge is 0.378 e. The summed E-state index contributed by atoms with van der Waals surface area (Å²) in [4.78, 5) is 14.1. The summed E-state index contributed by atoms with van der Waals surface area (Å²) in [5, 5.41) is 3.73. The zero-order valence-corrected chi connectivity index (χ0v) is 16.0. The van der Waals surface area contributed by atoms with Crippen LogP contribution >= 0.6 is 0 Å². The van der Waals surface area contributed by atoms with E-state index in [-0.39, 0.29) is 0 Å². The highest BCUT2D eigenvalue weighted by Gasteiger charge is 2.39. The number of rotatable bonds is 6. The molecule has 144 valence electrons. The van der Waals surface area contributed by atoms with E-state index in [0.717, 1.165) is 45.3 Å². The first-order chi connectivity index (χ1) is 12.9. The van der Waals surface area contributed by atoms with Crippen molar-refractivity contribution in [1.29, 1.82) is 0 Å². The van der Waals surface area contributed by atoms with Gasteiger partial charge < -0.3 is 15.0 Å². The molecule has 3 heterocycles. The molecule has 26 heavy (non-hydrogen) atoms. The molecule has 0 amide bonds. The minimum atomic E-state index is 0.398. The average molecular weight is 360 g/mol. The second-order valence-corrected chi connectivity index (χ2v) is 8.07. The molecule has 1 aromatic rings. The lowest BCUT2D eigenvalue weighted by Gasteiger charge is -2.44. The van der Waals surface area contributed by atoms with Gasteiger partial charge in [0.1, 0.15) is 0 Å². The van der Waals surface area contributed by atoms with Crippen molar-refractivity contribution < 1.29 is 4.74 Å². The SMILES string of the molecule is c1nc(N2CCOCC2)ncc1CNCC1(N2CCCCC2)CCCC1. The van der Waals surface area contributed by atoms with Crippen molar-refractivity contribution in [3.63, 3.8) is 0 Å². The van der Waals surface area contributed by atoms with Gasteiger partial charge in [0.05, 0.1) is 13.2 Å². The standard InChI is InChI=1S/C20H33N5O/c1-4-8-25(9-5-1)20(6-2-3-7-20)17-21-14-18-15-22-19(23-16-18)24-10-12-26-13-11-24/h15-16,21H,1-14,17H2. The molecule has 0 bridgehead atoms. The Hall–Kier alpha value is -1.24. The number of hydrogen-bond donors (Lipinski definition) is 1. The van der Waals surface area contributed by atoms with Crippen LogP contribution in [0.3, 0.4) is 0 Å². The van der Waals surface area contributed by atoms with E-state index in [1.54, 1.807) is 0 Å². The monoisotopic (exact) mass is 359 g/mol. The van der Waals surface area contributed by atoms with Crippen LogP contribution in [-0.4, -0.2) is 66.3 Å². The van der Waals surface area contributed by atoms with Gasteiger partial charge in [-0.2, -0.15) is 0 Å². The van der Waals surface area contributed by atoms with Crippen molar-refractivity contribution in [3.8, 4) is 0 Å². The van der Waals surface area contributed by atoms with Crippen LogP contribution in [0.25, 0.3) is 0 Å². The average Bonchev–Trinajstić information content (AvgIpc) is 3.20. The van der Waals surface area contributed by atoms with E-state index in [2.05, 4.69) is 25.1 Å². The Morgan fingerprint density at radius 3 is 2.31 bits per heavy atom. The van der Waals surface area contributed by atoms with Crippen molar-refractivity contribution in [2.75, 3.05) is 50.8 Å². The van der Waals surface area contributed by atoms with Crippen LogP contribution in [-0.2, 0) is 11.3 Å². The summed E-state index contributed by atoms with van der Waals surface area (Å²) in [6.07, 6.45) is 13.6. The number of aromatic nitrogens is 2. The third-order valence-corrected chi connectivity index (χ3v) is 6.33. The Morgan fingerprint density at radius 2 is 1.62 bits per heavy atom. The minimum absolute atomic E-state index is 0.398. The van der Waals surface area contributed by atoms with Gasteiger partial charge in [-0.3, -0.25) is 4.90 Å². The summed E-state index contributed by atoms with van der Waals surface area (Å²) in [6.45, 7) is 7.84. The lowest BCUT2D eigenvalue weighted by Crippen LogP contribution is -2.54. The van der Waals surface area contributed by atoms with Crippen LogP contribution in [0.2, 0.25) is 0 Å². The van der Waals surface area contributed by atoms with Crippen molar-refractivity contribution in [2.45, 2.75) is 57.0 Å². The Kier molecular flexibility index (Phi) is 6.02. The third-order valence-electron chi connectivity index (χ3n) is 6.33. The highest BCUT2D eigenvalue weighted by Crippen LogP contribution is 2.36. The maximum Gasteiger partial charge on any atom is 0.225 e. The lowest BCUT2D eigenvalue weighted by molar-refractivity contribution is 0.0696. The van der Waals surface area contributed by atoms with Gasteiger partial charge in [-0.1, -0.05) is 19.3 Å². The molecule has 0 radical (unpaired) electrons. The highest BCUT2D eigenvalue weighted by molar-refractivity contribution is 5.30. The first-order valence-corrected chi connectivity index (χ1v) is 10.5. The Morgan fingerprint density at radius 1 is 0.923 bits per heavy atom. The fourth-order valence-electron chi connectivity index (χ4n) is 4.81. The van der Waals surface area contributed by atoms with E-state index in [1.165, 1.54) is 63.6 Å². The number of piperidine rings is 1. The van der Waals surface area contributed by atoms with Crippen LogP contribution in [0.5, 0.6) is 0 Å². The highest BCUT2D eigenvalue weighted by atomic mass is 16.5. The second kappa shape index (κ2) is 8.63. The molecule has 1 aliphatic carbocycles. The molecule has 3 aliphatic rings. The van der Waals surface area contributed by atoms with Crippen molar-refractivity contribution in [2.24, 2.45) is 0 Å². The van der Waals surface area contributed by atoms with Crippen LogP contribution in [0.1, 0.15) is 50.5 Å². The number of nitrogens with zero attached hydrogens (tertiary/aromatic N) is 4. The Labute approximate surface area is 157 Å². The maximum atomic E-state index is 5.39. The van der Waals surface area contributed by atoms with E-state index < -0.39 is 0 Å². The molecule has 1 N–H and O–H groups in total. The lowest BCUT2D eigenvalue weighted by atomic mass is 9.92. The molecule has 0 spiro atoms. The zero-order valence-electron chi connectivity index (χ0n) is 16.0. The van der Waals surface area contributed by atoms with Gasteiger partial charge in [0, 0.05) is 49.7 Å². The van der Waals surface area contributed by atoms with Gasteiger partial charge in [0.15, 0.2) is 0 Å². The quantitative estimate of drug-likeness (QED) is 0.840. The number of morpholine rings is 1. The predicted molar refractivity (Wildman–Crippen MR) is 103 cm³/mol. The van der Waals surface area contributed by atoms with E-state index in [4.69, 9.17) is 4.74 Å². The van der Waals surface area contributed by atoms with E-state index >= 15 is 0 Å². The van der Waals surface area contributed by atoms with E-state index in [9.17, 15) is 0 Å². The number of likely N-dealkylation sites (tertiary alicyclic amines) is 1. The second-order valence-electron chi connectivity index (χ2n) is 8.07. The molecule has 0 aromatic carbocycles. The van der Waals surface area contributed by atoms with Gasteiger partial charge in [-0.15, -0.1) is 0 Å². The summed E-state index contributed by atoms with van der Waals surface area (Å²) < 4.78 is 5.39. The van der Waals surface area contributed by atoms with E-state index in [0.29, 0.717) is 5.54 Å². The summed E-state index contributed by atoms with van der Waals surface area (Å²) in [5.74, 6) is 0.831. The third kappa shape index (κ3) is 4.18. The smallest absolute Gasteiger partial charge is 0.225 e. The summed E-state index contributed by atoms with van der Waals surface area (Å²) in [6, 6.07) is 0. The molecule has 3 fully saturated rings. The summed E-state index contributed by atoms with van der Waals surface area (Å²) in [5.41, 5.74) is 1.57. The topological polar surface area (TPSA) is 53.5 Å². The maximum absolute atomic E-state index is 5.39. The minimum Gasteiger partial charge on any atom is -0.378 e. The molecule has 6 heteroatoms. The molecule has 1 aromatic heterocycles. The molecule has 2 aliphatic heterocycles. The van der Waals surface area contributed by atoms with Crippen LogP contribution in [0, 0.1) is 0 Å². The van der Waals surface area contributed by atoms with E-state index in [1.807, 2.05) is 12.4 Å². The predicted octanol–water partition coefficient (Wildman–Crippen LogP) is 2.20. The van der Waals surface area contributed by atoms with Gasteiger partial charge in [-0.05, 0) is 38.8 Å². The number of ether oxygens (including phenoxy) is 1. The Balaban J connectivity index is 1.30. The molecule has 0 unspecified atom stereocenters. The molecule has 0 atom stereocenters. The van der Waals surface area contributed by atoms with Gasteiger partial charge in [-0.25, -0.2) is 9.97 Å². The zero-order chi connectivity index (χ0) is 17.7. The van der Waals surface area contributed by atoms with Crippen LogP contribution in [0.4, 0.5) is 5.95 Å². The molecule has 4 rings (SSSR count). The van der Waals surface area contributed by atoms with Crippen molar-refractivity contribution >= 4 is 5.95 Å². The van der Waals surface area contributed by atoms with Crippen molar-refractivity contribution in [3.05, 3.63) is 18.0 Å². The summed E-state index contributed by atoms with van der Waals surface area (Å²) >= 11 is 0.